The number of methoxy groups -OCH3 is 1. The molecule has 48 heavy (non-hydrogen) atoms. The maximum Gasteiger partial charge on any atom is 0.303 e. The van der Waals surface area contributed by atoms with Crippen LogP contribution in [0.4, 0.5) is 11.4 Å². The van der Waals surface area contributed by atoms with Crippen molar-refractivity contribution in [1.82, 2.24) is 0 Å². The first-order valence-electron chi connectivity index (χ1n) is 15.7. The number of anilines is 1. The lowest BCUT2D eigenvalue weighted by Gasteiger charge is -2.26. The number of carboxylic acids is 1. The van der Waals surface area contributed by atoms with Crippen molar-refractivity contribution in [3.8, 4) is 0 Å². The number of allylic oxidation sites excluding steroid dienone is 6. The number of unbranched alkanes of at least 4 members (excludes halogenated alkanes) is 2. The van der Waals surface area contributed by atoms with E-state index in [0.717, 1.165) is 53.9 Å². The number of carboxylic acid groups (broad SMARTS) is 1. The lowest BCUT2D eigenvalue weighted by Crippen LogP contribution is -2.28. The van der Waals surface area contributed by atoms with Crippen molar-refractivity contribution in [2.45, 2.75) is 74.0 Å². The highest BCUT2D eigenvalue weighted by molar-refractivity contribution is 7.86. The third-order valence-corrected chi connectivity index (χ3v) is 11.2. The van der Waals surface area contributed by atoms with Crippen LogP contribution in [0.15, 0.2) is 82.3 Å². The topological polar surface area (TPSA) is 151 Å². The Labute approximate surface area is 283 Å². The van der Waals surface area contributed by atoms with Crippen molar-refractivity contribution >= 4 is 43.3 Å². The standard InChI is InChI=1S/C35H44N2O9S2/c1-34(2)27-23-25(47(40,41)42)16-18-29(27)36(20-12-8-11-15-33(38)39)31(34)13-9-7-10-14-32-35(3,4)28-24-26(48(43,44)46-6)17-19-30(28)37(32)21-22-45-5/h7,9-10,13-14,16-19,23-24H,8,11-12,15,20-22H2,1-6H3,(H-,38,39,40,41,42)/p+1. The van der Waals surface area contributed by atoms with Crippen LogP contribution in [0.25, 0.3) is 0 Å². The zero-order valence-corrected chi connectivity index (χ0v) is 29.9. The number of benzene rings is 2. The number of rotatable bonds is 15. The SMILES string of the molecule is COCCN1/C(=C/C=C/C=C/C2=[N+](CCCCCC(=O)O)c3ccc(S(=O)(=O)O)cc3C2(C)C)C(C)(C)c2cc(S(=O)(=O)OC)ccc21. The molecule has 0 bridgehead atoms. The van der Waals surface area contributed by atoms with E-state index < -0.39 is 37.0 Å². The molecule has 4 rings (SSSR count). The summed E-state index contributed by atoms with van der Waals surface area (Å²) in [4.78, 5) is 13.0. The van der Waals surface area contributed by atoms with E-state index in [2.05, 4.69) is 9.48 Å². The highest BCUT2D eigenvalue weighted by Gasteiger charge is 2.45. The van der Waals surface area contributed by atoms with Crippen LogP contribution in [0.5, 0.6) is 0 Å². The van der Waals surface area contributed by atoms with Gasteiger partial charge in [0, 0.05) is 61.0 Å². The van der Waals surface area contributed by atoms with Crippen molar-refractivity contribution in [3.63, 3.8) is 0 Å². The monoisotopic (exact) mass is 701 g/mol. The minimum Gasteiger partial charge on any atom is -0.481 e. The molecule has 0 saturated heterocycles. The van der Waals surface area contributed by atoms with E-state index in [1.165, 1.54) is 12.1 Å². The average molecular weight is 702 g/mol. The molecule has 0 aliphatic carbocycles. The van der Waals surface area contributed by atoms with Gasteiger partial charge in [-0.2, -0.15) is 21.4 Å². The lowest BCUT2D eigenvalue weighted by molar-refractivity contribution is -0.438. The van der Waals surface area contributed by atoms with Gasteiger partial charge in [-0.25, -0.2) is 0 Å². The van der Waals surface area contributed by atoms with E-state index in [0.29, 0.717) is 26.1 Å². The van der Waals surface area contributed by atoms with Gasteiger partial charge >= 0.3 is 5.97 Å². The number of nitrogens with zero attached hydrogens (tertiary/aromatic N) is 2. The Morgan fingerprint density at radius 2 is 1.58 bits per heavy atom. The summed E-state index contributed by atoms with van der Waals surface area (Å²) in [5.41, 5.74) is 4.14. The molecule has 0 saturated carbocycles. The normalized spacial score (nSPS) is 18.0. The van der Waals surface area contributed by atoms with E-state index in [9.17, 15) is 26.2 Å². The van der Waals surface area contributed by atoms with Gasteiger partial charge in [-0.05, 0) is 68.7 Å². The molecule has 2 aliphatic rings. The third kappa shape index (κ3) is 7.65. The van der Waals surface area contributed by atoms with Crippen LogP contribution in [0, 0.1) is 0 Å². The summed E-state index contributed by atoms with van der Waals surface area (Å²) in [5, 5.41) is 9.01. The Kier molecular flexibility index (Phi) is 11.2. The Morgan fingerprint density at radius 1 is 0.896 bits per heavy atom. The van der Waals surface area contributed by atoms with Crippen molar-refractivity contribution in [3.05, 3.63) is 83.6 Å². The van der Waals surface area contributed by atoms with Crippen LogP contribution >= 0.6 is 0 Å². The summed E-state index contributed by atoms with van der Waals surface area (Å²) < 4.78 is 70.8. The molecule has 2 aromatic carbocycles. The lowest BCUT2D eigenvalue weighted by atomic mass is 9.81. The molecule has 11 nitrogen and oxygen atoms in total. The summed E-state index contributed by atoms with van der Waals surface area (Å²) in [7, 11) is -5.48. The molecule has 2 aliphatic heterocycles. The van der Waals surface area contributed by atoms with Gasteiger partial charge in [-0.3, -0.25) is 13.5 Å². The number of ether oxygens (including phenoxy) is 1. The number of carbonyl (C=O) groups is 1. The Bertz CT molecular complexity index is 1900. The minimum absolute atomic E-state index is 0.0931. The van der Waals surface area contributed by atoms with Gasteiger partial charge < -0.3 is 14.7 Å². The minimum atomic E-state index is -4.39. The highest BCUT2D eigenvalue weighted by atomic mass is 32.2. The summed E-state index contributed by atoms with van der Waals surface area (Å²) in [6, 6.07) is 9.62. The molecule has 0 atom stereocenters. The van der Waals surface area contributed by atoms with Crippen LogP contribution < -0.4 is 4.90 Å². The van der Waals surface area contributed by atoms with Gasteiger partial charge in [0.2, 0.25) is 5.69 Å². The van der Waals surface area contributed by atoms with Crippen LogP contribution in [0.3, 0.4) is 0 Å². The number of hydrogen-bond acceptors (Lipinski definition) is 8. The Balaban J connectivity index is 1.67. The van der Waals surface area contributed by atoms with Crippen molar-refractivity contribution in [1.29, 1.82) is 0 Å². The van der Waals surface area contributed by atoms with Crippen molar-refractivity contribution in [2.24, 2.45) is 0 Å². The van der Waals surface area contributed by atoms with Gasteiger partial charge in [-0.15, -0.1) is 0 Å². The Morgan fingerprint density at radius 3 is 2.23 bits per heavy atom. The molecular weight excluding hydrogens is 657 g/mol. The first-order chi connectivity index (χ1) is 22.5. The third-order valence-electron chi connectivity index (χ3n) is 9.05. The molecule has 2 N–H and O–H groups in total. The van der Waals surface area contributed by atoms with E-state index in [-0.39, 0.29) is 16.2 Å². The molecule has 13 heteroatoms. The smallest absolute Gasteiger partial charge is 0.303 e. The fourth-order valence-electron chi connectivity index (χ4n) is 6.47. The second kappa shape index (κ2) is 14.5. The van der Waals surface area contributed by atoms with Gasteiger partial charge in [0.05, 0.1) is 28.9 Å². The molecule has 0 fully saturated rings. The molecule has 260 valence electrons. The summed E-state index contributed by atoms with van der Waals surface area (Å²) in [6.45, 7) is 9.72. The Hall–Kier alpha value is -3.62. The maximum absolute atomic E-state index is 12.5. The summed E-state index contributed by atoms with van der Waals surface area (Å²) >= 11 is 0. The quantitative estimate of drug-likeness (QED) is 0.0775. The fourth-order valence-corrected chi connectivity index (χ4v) is 7.66. The average Bonchev–Trinajstić information content (AvgIpc) is 3.36. The van der Waals surface area contributed by atoms with Crippen molar-refractivity contribution < 1.29 is 44.8 Å². The molecule has 2 aromatic rings. The van der Waals surface area contributed by atoms with E-state index in [1.807, 2.05) is 58.1 Å². The molecule has 0 aromatic heterocycles. The van der Waals surface area contributed by atoms with E-state index in [1.54, 1.807) is 31.4 Å². The largest absolute Gasteiger partial charge is 0.481 e. The summed E-state index contributed by atoms with van der Waals surface area (Å²) in [6.07, 6.45) is 11.9. The zero-order chi connectivity index (χ0) is 35.5. The zero-order valence-electron chi connectivity index (χ0n) is 28.3. The number of fused-ring (bicyclic) bond motifs is 2. The predicted molar refractivity (Wildman–Crippen MR) is 184 cm³/mol. The number of aliphatic carboxylic acids is 1. The van der Waals surface area contributed by atoms with Crippen LogP contribution in [0.2, 0.25) is 0 Å². The van der Waals surface area contributed by atoms with Crippen LogP contribution in [-0.4, -0.2) is 76.7 Å². The molecule has 0 spiro atoms. The van der Waals surface area contributed by atoms with Crippen LogP contribution in [-0.2, 0) is 44.8 Å². The molecule has 0 amide bonds. The molecular formula is C35H45N2O9S2+. The van der Waals surface area contributed by atoms with Gasteiger partial charge in [0.1, 0.15) is 6.54 Å². The van der Waals surface area contributed by atoms with E-state index >= 15 is 0 Å². The number of hydrogen-bond donors (Lipinski definition) is 2. The first kappa shape index (κ1) is 37.2. The summed E-state index contributed by atoms with van der Waals surface area (Å²) in [5.74, 6) is -0.826. The second-order valence-corrected chi connectivity index (χ2v) is 16.0. The van der Waals surface area contributed by atoms with Gasteiger partial charge in [-0.1, -0.05) is 32.1 Å². The fraction of sp³-hybridized carbons (Fsp3) is 0.429. The second-order valence-electron chi connectivity index (χ2n) is 12.9. The first-order valence-corrected chi connectivity index (χ1v) is 18.6. The molecule has 0 unspecified atom stereocenters. The van der Waals surface area contributed by atoms with E-state index in [4.69, 9.17) is 14.0 Å². The van der Waals surface area contributed by atoms with Gasteiger partial charge in [0.25, 0.3) is 20.2 Å². The molecule has 2 heterocycles. The van der Waals surface area contributed by atoms with Crippen LogP contribution in [0.1, 0.15) is 64.5 Å². The highest BCUT2D eigenvalue weighted by Crippen LogP contribution is 2.48. The van der Waals surface area contributed by atoms with Crippen molar-refractivity contribution in [2.75, 3.05) is 38.8 Å². The maximum atomic E-state index is 12.5. The predicted octanol–water partition coefficient (Wildman–Crippen LogP) is 5.73. The molecule has 0 radical (unpaired) electrons. The van der Waals surface area contributed by atoms with Gasteiger partial charge in [0.15, 0.2) is 5.71 Å².